The van der Waals surface area contributed by atoms with Crippen LogP contribution in [0, 0.1) is 12.8 Å². The molecule has 0 aliphatic heterocycles. The minimum Gasteiger partial charge on any atom is -0.406 e. The molecule has 5 rings (SSSR count). The van der Waals surface area contributed by atoms with Gasteiger partial charge in [-0.3, -0.25) is 0 Å². The number of nitrogens with one attached hydrogen (secondary N) is 2. The van der Waals surface area contributed by atoms with Crippen LogP contribution in [0.1, 0.15) is 37.6 Å². The van der Waals surface area contributed by atoms with Gasteiger partial charge >= 0.3 is 6.36 Å². The summed E-state index contributed by atoms with van der Waals surface area (Å²) < 4.78 is 42.5. The Kier molecular flexibility index (Phi) is 8.06. The molecule has 0 radical (unpaired) electrons. The summed E-state index contributed by atoms with van der Waals surface area (Å²) in [6.07, 6.45) is -7.52. The second-order valence-electron chi connectivity index (χ2n) is 10.2. The van der Waals surface area contributed by atoms with Crippen LogP contribution >= 0.6 is 11.3 Å². The first-order valence-corrected chi connectivity index (χ1v) is 13.9. The van der Waals surface area contributed by atoms with Crippen LogP contribution < -0.4 is 15.4 Å². The van der Waals surface area contributed by atoms with Gasteiger partial charge in [-0.15, -0.1) is 24.5 Å². The molecule has 0 bridgehead atoms. The lowest BCUT2D eigenvalue weighted by atomic mass is 10.00. The summed E-state index contributed by atoms with van der Waals surface area (Å²) >= 11 is 1.47. The molecule has 218 valence electrons. The highest BCUT2D eigenvalue weighted by atomic mass is 32.1. The molecule has 13 heteroatoms. The Labute approximate surface area is 238 Å². The van der Waals surface area contributed by atoms with E-state index in [0.717, 1.165) is 10.2 Å². The minimum atomic E-state index is -4.77. The second-order valence-corrected chi connectivity index (χ2v) is 11.2. The van der Waals surface area contributed by atoms with Crippen LogP contribution in [0.25, 0.3) is 20.8 Å². The number of aliphatic hydroxyl groups excluding tert-OH is 3. The number of aromatic nitrogens is 3. The molecular weight excluding hydrogens is 559 g/mol. The van der Waals surface area contributed by atoms with Crippen LogP contribution in [0.3, 0.4) is 0 Å². The number of anilines is 2. The summed E-state index contributed by atoms with van der Waals surface area (Å²) in [5, 5.41) is 38.5. The zero-order valence-electron chi connectivity index (χ0n) is 22.4. The number of alkyl halides is 3. The molecular formula is C28H30F3N5O4S. The predicted octanol–water partition coefficient (Wildman–Crippen LogP) is 5.04. The Morgan fingerprint density at radius 1 is 1.00 bits per heavy atom. The van der Waals surface area contributed by atoms with Gasteiger partial charge in [-0.05, 0) is 57.0 Å². The number of hydrogen-bond acceptors (Lipinski definition) is 10. The van der Waals surface area contributed by atoms with Crippen molar-refractivity contribution in [3.8, 4) is 16.3 Å². The van der Waals surface area contributed by atoms with Gasteiger partial charge in [0.25, 0.3) is 0 Å². The number of rotatable bonds is 8. The fourth-order valence-electron chi connectivity index (χ4n) is 5.08. The monoisotopic (exact) mass is 589 g/mol. The van der Waals surface area contributed by atoms with Crippen LogP contribution in [-0.2, 0) is 0 Å². The van der Waals surface area contributed by atoms with Crippen molar-refractivity contribution in [3.05, 3.63) is 59.8 Å². The zero-order chi connectivity index (χ0) is 29.5. The van der Waals surface area contributed by atoms with E-state index in [9.17, 15) is 28.5 Å². The molecule has 2 aromatic heterocycles. The van der Waals surface area contributed by atoms with Crippen LogP contribution in [0.5, 0.6) is 5.75 Å². The van der Waals surface area contributed by atoms with Gasteiger partial charge in [-0.25, -0.2) is 9.97 Å². The largest absolute Gasteiger partial charge is 0.573 e. The van der Waals surface area contributed by atoms with Crippen molar-refractivity contribution in [2.24, 2.45) is 5.92 Å². The van der Waals surface area contributed by atoms with Crippen molar-refractivity contribution in [1.29, 1.82) is 0 Å². The van der Waals surface area contributed by atoms with Crippen LogP contribution in [0.2, 0.25) is 0 Å². The predicted molar refractivity (Wildman–Crippen MR) is 150 cm³/mol. The molecule has 6 unspecified atom stereocenters. The molecule has 0 spiro atoms. The van der Waals surface area contributed by atoms with Gasteiger partial charge in [-0.1, -0.05) is 24.3 Å². The molecule has 1 aliphatic carbocycles. The number of aryl methyl sites for hydroxylation is 1. The lowest BCUT2D eigenvalue weighted by molar-refractivity contribution is -0.274. The first-order valence-electron chi connectivity index (χ1n) is 13.1. The number of hydrogen-bond donors (Lipinski definition) is 5. The number of nitrogens with zero attached hydrogens (tertiary/aromatic N) is 3. The van der Waals surface area contributed by atoms with E-state index in [-0.39, 0.29) is 17.7 Å². The van der Waals surface area contributed by atoms with E-state index < -0.39 is 36.6 Å². The van der Waals surface area contributed by atoms with Crippen molar-refractivity contribution in [2.45, 2.75) is 63.9 Å². The standard InChI is InChI=1S/C28H30F3N5O4S/c1-13(16-8-10-17(11-9-16)40-28(29,30)31)32-27-33-14(2)22(26-35-19-6-4-5-7-21(19)41-26)25(36-27)34-20-12-18(15(3)37)23(38)24(20)39/h4-11,13,15,18,20,23-24,37-39H,12H2,1-3H3,(H2,32,33,34,36). The molecule has 1 saturated carbocycles. The molecule has 5 N–H and O–H groups in total. The quantitative estimate of drug-likeness (QED) is 0.192. The summed E-state index contributed by atoms with van der Waals surface area (Å²) in [5.74, 6) is -0.195. The van der Waals surface area contributed by atoms with Crippen LogP contribution in [0.15, 0.2) is 48.5 Å². The van der Waals surface area contributed by atoms with Gasteiger partial charge in [0.15, 0.2) is 0 Å². The maximum atomic E-state index is 12.5. The molecule has 6 atom stereocenters. The smallest absolute Gasteiger partial charge is 0.406 e. The van der Waals surface area contributed by atoms with E-state index in [1.807, 2.05) is 38.1 Å². The second kappa shape index (κ2) is 11.4. The van der Waals surface area contributed by atoms with Crippen molar-refractivity contribution >= 4 is 33.3 Å². The number of para-hydroxylation sites is 1. The highest BCUT2D eigenvalue weighted by molar-refractivity contribution is 7.21. The molecule has 41 heavy (non-hydrogen) atoms. The summed E-state index contributed by atoms with van der Waals surface area (Å²) in [5.41, 5.74) is 2.74. The Balaban J connectivity index is 1.47. The lowest BCUT2D eigenvalue weighted by Crippen LogP contribution is -2.36. The Hall–Kier alpha value is -3.52. The molecule has 9 nitrogen and oxygen atoms in total. The van der Waals surface area contributed by atoms with Gasteiger partial charge in [0.1, 0.15) is 22.7 Å². The molecule has 0 amide bonds. The number of aliphatic hydroxyl groups is 3. The third kappa shape index (κ3) is 6.38. The SMILES string of the molecule is Cc1nc(NC(C)c2ccc(OC(F)(F)F)cc2)nc(NC2CC(C(C)O)C(O)C2O)c1-c1nc2ccccc2s1. The average Bonchev–Trinajstić information content (AvgIpc) is 3.44. The number of ether oxygens (including phenoxy) is 1. The fourth-order valence-corrected chi connectivity index (χ4v) is 6.14. The third-order valence-electron chi connectivity index (χ3n) is 7.23. The average molecular weight is 590 g/mol. The van der Waals surface area contributed by atoms with E-state index in [1.54, 1.807) is 6.92 Å². The number of fused-ring (bicyclic) bond motifs is 1. The molecule has 4 aromatic rings. The van der Waals surface area contributed by atoms with Crippen molar-refractivity contribution in [2.75, 3.05) is 10.6 Å². The summed E-state index contributed by atoms with van der Waals surface area (Å²) in [6, 6.07) is 12.2. The van der Waals surface area contributed by atoms with Crippen LogP contribution in [0.4, 0.5) is 24.9 Å². The zero-order valence-corrected chi connectivity index (χ0v) is 23.2. The van der Waals surface area contributed by atoms with Gasteiger partial charge < -0.3 is 30.7 Å². The molecule has 1 aliphatic rings. The summed E-state index contributed by atoms with van der Waals surface area (Å²) in [7, 11) is 0. The van der Waals surface area contributed by atoms with E-state index in [1.165, 1.54) is 35.6 Å². The first kappa shape index (κ1) is 29.0. The topological polar surface area (TPSA) is 133 Å². The van der Waals surface area contributed by atoms with E-state index in [0.29, 0.717) is 34.1 Å². The Morgan fingerprint density at radius 3 is 2.34 bits per heavy atom. The Bertz CT molecular complexity index is 1480. The molecule has 1 fully saturated rings. The van der Waals surface area contributed by atoms with Crippen LogP contribution in [-0.4, -0.2) is 61.0 Å². The number of halogens is 3. The Morgan fingerprint density at radius 2 is 1.71 bits per heavy atom. The normalized spacial score (nSPS) is 22.5. The summed E-state index contributed by atoms with van der Waals surface area (Å²) in [4.78, 5) is 14.1. The van der Waals surface area contributed by atoms with E-state index in [4.69, 9.17) is 9.97 Å². The highest BCUT2D eigenvalue weighted by Gasteiger charge is 2.44. The highest BCUT2D eigenvalue weighted by Crippen LogP contribution is 2.39. The molecule has 0 saturated heterocycles. The van der Waals surface area contributed by atoms with Gasteiger partial charge in [0.05, 0.1) is 45.8 Å². The maximum absolute atomic E-state index is 12.5. The van der Waals surface area contributed by atoms with Crippen molar-refractivity contribution < 1.29 is 33.2 Å². The van der Waals surface area contributed by atoms with Gasteiger partial charge in [0.2, 0.25) is 5.95 Å². The summed E-state index contributed by atoms with van der Waals surface area (Å²) in [6.45, 7) is 5.21. The lowest BCUT2D eigenvalue weighted by Gasteiger charge is -2.22. The first-order chi connectivity index (χ1) is 19.4. The number of thiazole rings is 1. The molecule has 2 heterocycles. The van der Waals surface area contributed by atoms with E-state index >= 15 is 0 Å². The van der Waals surface area contributed by atoms with Crippen molar-refractivity contribution in [1.82, 2.24) is 15.0 Å². The molecule has 2 aromatic carbocycles. The van der Waals surface area contributed by atoms with E-state index in [2.05, 4.69) is 20.4 Å². The minimum absolute atomic E-state index is 0.248. The third-order valence-corrected chi connectivity index (χ3v) is 8.28. The van der Waals surface area contributed by atoms with Gasteiger partial charge in [0, 0.05) is 5.92 Å². The van der Waals surface area contributed by atoms with Crippen molar-refractivity contribution in [3.63, 3.8) is 0 Å². The van der Waals surface area contributed by atoms with Gasteiger partial charge in [-0.2, -0.15) is 4.98 Å². The fraction of sp³-hybridized carbons (Fsp3) is 0.393. The maximum Gasteiger partial charge on any atom is 0.573 e. The number of benzene rings is 2.